The normalized spacial score (nSPS) is 60.2. The molecule has 0 aliphatic heterocycles. The fraction of sp³-hybridized carbons (Fsp3) is 1.00. The van der Waals surface area contributed by atoms with E-state index in [1.54, 1.807) is 0 Å². The Morgan fingerprint density at radius 3 is 2.38 bits per heavy atom. The average Bonchev–Trinajstić information content (AvgIpc) is 2.77. The predicted octanol–water partition coefficient (Wildman–Crippen LogP) is 3.36. The molecule has 0 amide bonds. The van der Waals surface area contributed by atoms with E-state index in [1.807, 2.05) is 0 Å². The summed E-state index contributed by atoms with van der Waals surface area (Å²) in [6, 6.07) is 0. The molecule has 0 spiro atoms. The van der Waals surface area contributed by atoms with E-state index in [9.17, 15) is 15.3 Å². The molecule has 4 unspecified atom stereocenters. The van der Waals surface area contributed by atoms with Crippen molar-refractivity contribution in [1.82, 2.24) is 0 Å². The van der Waals surface area contributed by atoms with Crippen molar-refractivity contribution in [2.24, 2.45) is 40.4 Å². The summed E-state index contributed by atoms with van der Waals surface area (Å²) in [6.45, 7) is 6.99. The molecule has 4 rings (SSSR count). The highest BCUT2D eigenvalue weighted by molar-refractivity contribution is 5.13. The number of rotatable bonds is 1. The van der Waals surface area contributed by atoms with Crippen LogP contribution in [-0.4, -0.2) is 33.6 Å². The quantitative estimate of drug-likeness (QED) is 0.688. The second kappa shape index (κ2) is 5.44. The molecular weight excluding hydrogens is 300 g/mol. The van der Waals surface area contributed by atoms with Gasteiger partial charge in [-0.25, -0.2) is 0 Å². The highest BCUT2D eigenvalue weighted by atomic mass is 16.3. The summed E-state index contributed by atoms with van der Waals surface area (Å²) in [5, 5.41) is 31.1. The minimum atomic E-state index is -0.503. The van der Waals surface area contributed by atoms with Gasteiger partial charge in [0.2, 0.25) is 0 Å². The van der Waals surface area contributed by atoms with Crippen molar-refractivity contribution in [3.63, 3.8) is 0 Å². The van der Waals surface area contributed by atoms with Gasteiger partial charge in [-0.15, -0.1) is 0 Å². The van der Waals surface area contributed by atoms with E-state index >= 15 is 0 Å². The van der Waals surface area contributed by atoms with Crippen molar-refractivity contribution in [3.8, 4) is 0 Å². The molecule has 138 valence electrons. The number of hydrogen-bond donors (Lipinski definition) is 3. The molecule has 4 saturated carbocycles. The third-order valence-corrected chi connectivity index (χ3v) is 9.63. The molecule has 0 aromatic rings. The molecule has 0 aromatic carbocycles. The lowest BCUT2D eigenvalue weighted by Crippen LogP contribution is -2.57. The molecule has 4 fully saturated rings. The van der Waals surface area contributed by atoms with Gasteiger partial charge in [0.25, 0.3) is 0 Å². The lowest BCUT2D eigenvalue weighted by atomic mass is 9.43. The Hall–Kier alpha value is -0.120. The van der Waals surface area contributed by atoms with E-state index in [0.29, 0.717) is 17.8 Å². The minimum Gasteiger partial charge on any atom is -0.396 e. The molecule has 3 N–H and O–H groups in total. The zero-order valence-electron chi connectivity index (χ0n) is 15.7. The van der Waals surface area contributed by atoms with Crippen molar-refractivity contribution in [2.45, 2.75) is 83.8 Å². The highest BCUT2D eigenvalue weighted by Gasteiger charge is 2.63. The van der Waals surface area contributed by atoms with Crippen LogP contribution in [-0.2, 0) is 0 Å². The molecule has 4 aliphatic carbocycles. The minimum absolute atomic E-state index is 0.0602. The largest absolute Gasteiger partial charge is 0.396 e. The molecular formula is C21H36O3. The first-order valence-electron chi connectivity index (χ1n) is 10.2. The van der Waals surface area contributed by atoms with Crippen LogP contribution < -0.4 is 0 Å². The summed E-state index contributed by atoms with van der Waals surface area (Å²) in [4.78, 5) is 0. The highest BCUT2D eigenvalue weighted by Crippen LogP contribution is 2.68. The fourth-order valence-electron chi connectivity index (χ4n) is 7.85. The number of fused-ring (bicyclic) bond motifs is 5. The molecule has 9 atom stereocenters. The first kappa shape index (κ1) is 17.3. The molecule has 0 bridgehead atoms. The summed E-state index contributed by atoms with van der Waals surface area (Å²) in [5.41, 5.74) is -0.149. The Bertz CT molecular complexity index is 503. The molecule has 0 aromatic heterocycles. The van der Waals surface area contributed by atoms with Gasteiger partial charge in [-0.2, -0.15) is 0 Å². The molecule has 0 radical (unpaired) electrons. The third kappa shape index (κ3) is 2.13. The predicted molar refractivity (Wildman–Crippen MR) is 94.3 cm³/mol. The second-order valence-corrected chi connectivity index (χ2v) is 10.4. The standard InChI is InChI=1S/C21H36O3/c1-19-11-13(12-22)18(23)10-14(19)4-5-15-16(19)6-8-20(2)17(15)7-9-21(20,3)24/h13-18,22-24H,4-12H2,1-3H3/t13?,14?,15-,16-,17+,18?,19+,20+,21?/m1/s1. The van der Waals surface area contributed by atoms with Crippen LogP contribution in [0.1, 0.15) is 72.1 Å². The van der Waals surface area contributed by atoms with Crippen molar-refractivity contribution >= 4 is 0 Å². The van der Waals surface area contributed by atoms with Crippen molar-refractivity contribution in [1.29, 1.82) is 0 Å². The van der Waals surface area contributed by atoms with Crippen LogP contribution in [0.4, 0.5) is 0 Å². The topological polar surface area (TPSA) is 60.7 Å². The van der Waals surface area contributed by atoms with Crippen LogP contribution in [0.3, 0.4) is 0 Å². The molecule has 3 heteroatoms. The van der Waals surface area contributed by atoms with E-state index in [-0.39, 0.29) is 29.5 Å². The van der Waals surface area contributed by atoms with Crippen molar-refractivity contribution in [2.75, 3.05) is 6.61 Å². The van der Waals surface area contributed by atoms with Gasteiger partial charge in [0.1, 0.15) is 0 Å². The van der Waals surface area contributed by atoms with Gasteiger partial charge < -0.3 is 15.3 Å². The first-order valence-corrected chi connectivity index (χ1v) is 10.2. The maximum atomic E-state index is 11.0. The summed E-state index contributed by atoms with van der Waals surface area (Å²) in [5.74, 6) is 2.77. The zero-order chi connectivity index (χ0) is 17.3. The van der Waals surface area contributed by atoms with Gasteiger partial charge in [0.15, 0.2) is 0 Å². The van der Waals surface area contributed by atoms with Gasteiger partial charge >= 0.3 is 0 Å². The number of hydrogen-bond acceptors (Lipinski definition) is 3. The van der Waals surface area contributed by atoms with Gasteiger partial charge in [-0.05, 0) is 92.8 Å². The monoisotopic (exact) mass is 336 g/mol. The maximum absolute atomic E-state index is 11.0. The summed E-state index contributed by atoms with van der Waals surface area (Å²) in [7, 11) is 0. The number of aliphatic hydroxyl groups is 3. The van der Waals surface area contributed by atoms with Crippen LogP contribution in [0.5, 0.6) is 0 Å². The maximum Gasteiger partial charge on any atom is 0.0675 e. The van der Waals surface area contributed by atoms with Crippen molar-refractivity contribution < 1.29 is 15.3 Å². The zero-order valence-corrected chi connectivity index (χ0v) is 15.7. The Kier molecular flexibility index (Phi) is 3.92. The van der Waals surface area contributed by atoms with Crippen LogP contribution in [0, 0.1) is 40.4 Å². The second-order valence-electron chi connectivity index (χ2n) is 10.4. The SMILES string of the molecule is CC1(O)CC[C@H]2[C@@H]3CCC4CC(O)C(CO)C[C@]4(C)[C@@H]3CC[C@@]21C. The Morgan fingerprint density at radius 1 is 0.958 bits per heavy atom. The third-order valence-electron chi connectivity index (χ3n) is 9.63. The molecule has 0 saturated heterocycles. The lowest BCUT2D eigenvalue weighted by molar-refractivity contribution is -0.166. The first-order chi connectivity index (χ1) is 11.2. The molecule has 0 heterocycles. The van der Waals surface area contributed by atoms with Crippen LogP contribution in [0.25, 0.3) is 0 Å². The average molecular weight is 337 g/mol. The summed E-state index contributed by atoms with van der Waals surface area (Å²) in [6.07, 6.45) is 8.54. The van der Waals surface area contributed by atoms with E-state index in [4.69, 9.17) is 0 Å². The summed E-state index contributed by atoms with van der Waals surface area (Å²) < 4.78 is 0. The van der Waals surface area contributed by atoms with E-state index in [0.717, 1.165) is 31.6 Å². The summed E-state index contributed by atoms with van der Waals surface area (Å²) >= 11 is 0. The Balaban J connectivity index is 1.63. The van der Waals surface area contributed by atoms with Crippen molar-refractivity contribution in [3.05, 3.63) is 0 Å². The molecule has 4 aliphatic rings. The van der Waals surface area contributed by atoms with Gasteiger partial charge in [0, 0.05) is 12.5 Å². The van der Waals surface area contributed by atoms with E-state index < -0.39 is 5.60 Å². The van der Waals surface area contributed by atoms with E-state index in [1.165, 1.54) is 25.7 Å². The lowest BCUT2D eigenvalue weighted by Gasteiger charge is -2.62. The van der Waals surface area contributed by atoms with E-state index in [2.05, 4.69) is 20.8 Å². The van der Waals surface area contributed by atoms with Gasteiger partial charge in [-0.3, -0.25) is 0 Å². The van der Waals surface area contributed by atoms with Gasteiger partial charge in [0.05, 0.1) is 11.7 Å². The Morgan fingerprint density at radius 2 is 1.67 bits per heavy atom. The van der Waals surface area contributed by atoms with Crippen LogP contribution in [0.15, 0.2) is 0 Å². The Labute approximate surface area is 146 Å². The molecule has 3 nitrogen and oxygen atoms in total. The van der Waals surface area contributed by atoms with Crippen LogP contribution in [0.2, 0.25) is 0 Å². The number of aliphatic hydroxyl groups excluding tert-OH is 2. The van der Waals surface area contributed by atoms with Crippen LogP contribution >= 0.6 is 0 Å². The molecule has 24 heavy (non-hydrogen) atoms. The smallest absolute Gasteiger partial charge is 0.0675 e. The fourth-order valence-corrected chi connectivity index (χ4v) is 7.85. The van der Waals surface area contributed by atoms with Gasteiger partial charge in [-0.1, -0.05) is 13.8 Å².